The van der Waals surface area contributed by atoms with Gasteiger partial charge in [-0.2, -0.15) is 18.3 Å². The van der Waals surface area contributed by atoms with E-state index in [4.69, 9.17) is 0 Å². The Balaban J connectivity index is 1.70. The molecule has 1 N–H and O–H groups in total. The molecule has 4 nitrogen and oxygen atoms in total. The van der Waals surface area contributed by atoms with Crippen LogP contribution in [0.5, 0.6) is 0 Å². The number of hydrazone groups is 1. The molecule has 0 radical (unpaired) electrons. The third kappa shape index (κ3) is 5.18. The first-order valence-electron chi connectivity index (χ1n) is 9.14. The summed E-state index contributed by atoms with van der Waals surface area (Å²) in [6, 6.07) is 11.1. The molecular weight excluding hydrogens is 411 g/mol. The van der Waals surface area contributed by atoms with E-state index < -0.39 is 17.6 Å². The summed E-state index contributed by atoms with van der Waals surface area (Å²) in [4.78, 5) is 17.7. The van der Waals surface area contributed by atoms with Crippen molar-refractivity contribution in [3.63, 3.8) is 0 Å². The molecule has 0 fully saturated rings. The van der Waals surface area contributed by atoms with Gasteiger partial charge in [0.2, 0.25) is 5.91 Å². The van der Waals surface area contributed by atoms with Gasteiger partial charge >= 0.3 is 6.18 Å². The number of amides is 1. The fourth-order valence-corrected chi connectivity index (χ4v) is 4.02. The Hall–Kier alpha value is -2.87. The highest BCUT2D eigenvalue weighted by Gasteiger charge is 2.32. The summed E-state index contributed by atoms with van der Waals surface area (Å²) in [5.74, 6) is -0.336. The van der Waals surface area contributed by atoms with Crippen molar-refractivity contribution in [3.05, 3.63) is 70.4 Å². The fourth-order valence-electron chi connectivity index (χ4n) is 3.11. The quantitative estimate of drug-likeness (QED) is 0.333. The normalized spacial score (nSPS) is 11.9. The summed E-state index contributed by atoms with van der Waals surface area (Å²) in [7, 11) is 0. The number of hydrogen-bond acceptors (Lipinski definition) is 4. The van der Waals surface area contributed by atoms with E-state index in [1.165, 1.54) is 30.0 Å². The van der Waals surface area contributed by atoms with Crippen molar-refractivity contribution in [2.75, 3.05) is 5.75 Å². The van der Waals surface area contributed by atoms with Crippen molar-refractivity contribution in [2.24, 2.45) is 5.10 Å². The molecular formula is C22H20F3N3OS. The molecule has 3 rings (SSSR count). The van der Waals surface area contributed by atoms with E-state index in [0.29, 0.717) is 0 Å². The van der Waals surface area contributed by atoms with Gasteiger partial charge in [0, 0.05) is 21.5 Å². The smallest absolute Gasteiger partial charge is 0.272 e. The number of aromatic nitrogens is 1. The van der Waals surface area contributed by atoms with Gasteiger partial charge in [-0.05, 0) is 44.5 Å². The van der Waals surface area contributed by atoms with Crippen molar-refractivity contribution in [3.8, 4) is 0 Å². The number of nitrogens with zero attached hydrogens (tertiary/aromatic N) is 2. The van der Waals surface area contributed by atoms with Crippen LogP contribution in [0.2, 0.25) is 0 Å². The molecule has 0 bridgehead atoms. The minimum absolute atomic E-state index is 0.0732. The van der Waals surface area contributed by atoms with Crippen LogP contribution in [0.1, 0.15) is 27.9 Å². The second kappa shape index (κ2) is 8.87. The van der Waals surface area contributed by atoms with Gasteiger partial charge in [-0.25, -0.2) is 5.43 Å². The zero-order valence-corrected chi connectivity index (χ0v) is 17.5. The molecule has 156 valence electrons. The zero-order valence-electron chi connectivity index (χ0n) is 16.7. The van der Waals surface area contributed by atoms with E-state index in [2.05, 4.69) is 21.6 Å². The standard InChI is InChI=1S/C22H20F3N3OS/c1-13-8-14(2)21-17(9-13)19(10-15(3)27-21)30-12-20(29)28-26-11-16-6-4-5-7-18(16)22(23,24)25/h4-11H,12H2,1-3H3,(H,28,29). The average molecular weight is 431 g/mol. The monoisotopic (exact) mass is 431 g/mol. The second-order valence-corrected chi connectivity index (χ2v) is 7.92. The number of carbonyl (C=O) groups is 1. The van der Waals surface area contributed by atoms with E-state index in [-0.39, 0.29) is 11.3 Å². The van der Waals surface area contributed by atoms with Crippen molar-refractivity contribution >= 4 is 34.8 Å². The maximum Gasteiger partial charge on any atom is 0.417 e. The number of halogens is 3. The third-order valence-electron chi connectivity index (χ3n) is 4.36. The lowest BCUT2D eigenvalue weighted by molar-refractivity contribution is -0.137. The number of carbonyl (C=O) groups excluding carboxylic acids is 1. The molecule has 1 heterocycles. The molecule has 0 spiro atoms. The Morgan fingerprint density at radius 1 is 1.17 bits per heavy atom. The number of nitrogens with one attached hydrogen (secondary N) is 1. The predicted octanol–water partition coefficient (Wildman–Crippen LogP) is 5.42. The number of aryl methyl sites for hydroxylation is 3. The van der Waals surface area contributed by atoms with Crippen LogP contribution >= 0.6 is 11.8 Å². The Labute approximate surface area is 176 Å². The van der Waals surface area contributed by atoms with Gasteiger partial charge in [0.1, 0.15) is 0 Å². The molecule has 0 aliphatic heterocycles. The Morgan fingerprint density at radius 2 is 1.90 bits per heavy atom. The highest BCUT2D eigenvalue weighted by Crippen LogP contribution is 2.31. The van der Waals surface area contributed by atoms with Gasteiger partial charge in [-0.1, -0.05) is 29.8 Å². The van der Waals surface area contributed by atoms with Crippen LogP contribution in [0.4, 0.5) is 13.2 Å². The average Bonchev–Trinajstić information content (AvgIpc) is 2.66. The molecule has 0 atom stereocenters. The third-order valence-corrected chi connectivity index (χ3v) is 5.41. The van der Waals surface area contributed by atoms with E-state index in [1.54, 1.807) is 0 Å². The van der Waals surface area contributed by atoms with E-state index in [1.807, 2.05) is 32.9 Å². The molecule has 0 saturated heterocycles. The Morgan fingerprint density at radius 3 is 2.63 bits per heavy atom. The van der Waals surface area contributed by atoms with E-state index >= 15 is 0 Å². The summed E-state index contributed by atoms with van der Waals surface area (Å²) in [5, 5.41) is 4.66. The molecule has 8 heteroatoms. The Bertz CT molecular complexity index is 1130. The first-order chi connectivity index (χ1) is 14.1. The lowest BCUT2D eigenvalue weighted by Crippen LogP contribution is -2.20. The number of hydrogen-bond donors (Lipinski definition) is 1. The number of thioether (sulfide) groups is 1. The number of fused-ring (bicyclic) bond motifs is 1. The second-order valence-electron chi connectivity index (χ2n) is 6.91. The number of pyridine rings is 1. The molecule has 1 aromatic heterocycles. The largest absolute Gasteiger partial charge is 0.417 e. The first kappa shape index (κ1) is 21.8. The van der Waals surface area contributed by atoms with Crippen molar-refractivity contribution in [1.82, 2.24) is 10.4 Å². The van der Waals surface area contributed by atoms with Gasteiger partial charge in [0.25, 0.3) is 0 Å². The number of rotatable bonds is 5. The maximum absolute atomic E-state index is 13.0. The summed E-state index contributed by atoms with van der Waals surface area (Å²) in [6.07, 6.45) is -3.48. The topological polar surface area (TPSA) is 54.4 Å². The van der Waals surface area contributed by atoms with Crippen LogP contribution in [0.25, 0.3) is 10.9 Å². The van der Waals surface area contributed by atoms with Crippen LogP contribution in [0.3, 0.4) is 0 Å². The van der Waals surface area contributed by atoms with Crippen molar-refractivity contribution in [1.29, 1.82) is 0 Å². The van der Waals surface area contributed by atoms with E-state index in [9.17, 15) is 18.0 Å². The van der Waals surface area contributed by atoms with E-state index in [0.717, 1.165) is 44.9 Å². The minimum atomic E-state index is -4.49. The van der Waals surface area contributed by atoms with Crippen molar-refractivity contribution in [2.45, 2.75) is 31.8 Å². The predicted molar refractivity (Wildman–Crippen MR) is 114 cm³/mol. The SMILES string of the molecule is Cc1cc(C)c2nc(C)cc(SCC(=O)NN=Cc3ccccc3C(F)(F)F)c2c1. The fraction of sp³-hybridized carbons (Fsp3) is 0.227. The summed E-state index contributed by atoms with van der Waals surface area (Å²) in [5.41, 5.74) is 5.28. The minimum Gasteiger partial charge on any atom is -0.272 e. The summed E-state index contributed by atoms with van der Waals surface area (Å²) in [6.45, 7) is 5.89. The van der Waals surface area contributed by atoms with Gasteiger partial charge in [-0.15, -0.1) is 11.8 Å². The number of benzene rings is 2. The maximum atomic E-state index is 13.0. The van der Waals surface area contributed by atoms with Crippen LogP contribution in [0, 0.1) is 20.8 Å². The van der Waals surface area contributed by atoms with Crippen LogP contribution in [-0.2, 0) is 11.0 Å². The molecule has 0 aliphatic carbocycles. The highest BCUT2D eigenvalue weighted by atomic mass is 32.2. The van der Waals surface area contributed by atoms with Gasteiger partial charge in [-0.3, -0.25) is 9.78 Å². The van der Waals surface area contributed by atoms with Gasteiger partial charge < -0.3 is 0 Å². The molecule has 2 aromatic carbocycles. The van der Waals surface area contributed by atoms with Crippen molar-refractivity contribution < 1.29 is 18.0 Å². The van der Waals surface area contributed by atoms with Crippen LogP contribution < -0.4 is 5.43 Å². The molecule has 3 aromatic rings. The zero-order chi connectivity index (χ0) is 21.9. The van der Waals surface area contributed by atoms with Crippen LogP contribution in [0.15, 0.2) is 52.5 Å². The number of alkyl halides is 3. The summed E-state index contributed by atoms with van der Waals surface area (Å²) < 4.78 is 39.0. The van der Waals surface area contributed by atoms with Crippen LogP contribution in [-0.4, -0.2) is 22.9 Å². The first-order valence-corrected chi connectivity index (χ1v) is 10.1. The molecule has 0 unspecified atom stereocenters. The van der Waals surface area contributed by atoms with Gasteiger partial charge in [0.05, 0.1) is 23.0 Å². The lowest BCUT2D eigenvalue weighted by atomic mass is 10.1. The lowest BCUT2D eigenvalue weighted by Gasteiger charge is -2.10. The highest BCUT2D eigenvalue weighted by molar-refractivity contribution is 8.00. The van der Waals surface area contributed by atoms with Gasteiger partial charge in [0.15, 0.2) is 0 Å². The molecule has 0 saturated carbocycles. The summed E-state index contributed by atoms with van der Waals surface area (Å²) >= 11 is 1.34. The molecule has 1 amide bonds. The molecule has 0 aliphatic rings. The molecule has 30 heavy (non-hydrogen) atoms. The Kier molecular flexibility index (Phi) is 6.45.